The molecular formula is C22H27N3O3. The molecule has 3 heterocycles. The number of rotatable bonds is 6. The minimum absolute atomic E-state index is 0.143. The highest BCUT2D eigenvalue weighted by atomic mass is 16.5. The van der Waals surface area contributed by atoms with Crippen LogP contribution in [0.5, 0.6) is 0 Å². The number of fused-ring (bicyclic) bond motifs is 1. The van der Waals surface area contributed by atoms with Crippen LogP contribution in [0.3, 0.4) is 0 Å². The van der Waals surface area contributed by atoms with Gasteiger partial charge in [-0.15, -0.1) is 0 Å². The van der Waals surface area contributed by atoms with Gasteiger partial charge in [-0.1, -0.05) is 5.57 Å². The minimum atomic E-state index is -0.410. The SMILES string of the molecule is CCOC(C)c1c(C)c(C(=O)NCC2C(=O)N=C(C)C=C2C)cc2cccn12. The molecule has 6 nitrogen and oxygen atoms in total. The van der Waals surface area contributed by atoms with Crippen molar-refractivity contribution >= 4 is 23.0 Å². The molecule has 2 unspecified atom stereocenters. The topological polar surface area (TPSA) is 72.2 Å². The summed E-state index contributed by atoms with van der Waals surface area (Å²) in [6, 6.07) is 5.79. The number of nitrogens with zero attached hydrogens (tertiary/aromatic N) is 2. The zero-order chi connectivity index (χ0) is 20.4. The van der Waals surface area contributed by atoms with E-state index in [2.05, 4.69) is 14.7 Å². The van der Waals surface area contributed by atoms with E-state index in [1.165, 1.54) is 0 Å². The smallest absolute Gasteiger partial charge is 0.254 e. The summed E-state index contributed by atoms with van der Waals surface area (Å²) in [7, 11) is 0. The Labute approximate surface area is 165 Å². The van der Waals surface area contributed by atoms with Gasteiger partial charge >= 0.3 is 0 Å². The van der Waals surface area contributed by atoms with Gasteiger partial charge in [-0.05, 0) is 64.5 Å². The van der Waals surface area contributed by atoms with Crippen molar-refractivity contribution in [2.45, 2.75) is 40.7 Å². The highest BCUT2D eigenvalue weighted by Gasteiger charge is 2.25. The van der Waals surface area contributed by atoms with Crippen LogP contribution in [0.15, 0.2) is 41.0 Å². The van der Waals surface area contributed by atoms with Crippen LogP contribution in [0.1, 0.15) is 55.4 Å². The van der Waals surface area contributed by atoms with Gasteiger partial charge in [0.05, 0.1) is 17.7 Å². The van der Waals surface area contributed by atoms with Crippen molar-refractivity contribution in [2.24, 2.45) is 10.9 Å². The number of amides is 2. The van der Waals surface area contributed by atoms with Crippen LogP contribution in [-0.2, 0) is 9.53 Å². The Hall–Kier alpha value is -2.73. The normalized spacial score (nSPS) is 18.0. The summed E-state index contributed by atoms with van der Waals surface area (Å²) >= 11 is 0. The molecule has 0 bridgehead atoms. The van der Waals surface area contributed by atoms with Crippen molar-refractivity contribution in [1.29, 1.82) is 0 Å². The van der Waals surface area contributed by atoms with Gasteiger partial charge in [0.15, 0.2) is 0 Å². The molecule has 0 aromatic carbocycles. The monoisotopic (exact) mass is 381 g/mol. The van der Waals surface area contributed by atoms with Gasteiger partial charge in [-0.25, -0.2) is 4.99 Å². The van der Waals surface area contributed by atoms with E-state index in [9.17, 15) is 9.59 Å². The first kappa shape index (κ1) is 20.0. The maximum Gasteiger partial charge on any atom is 0.254 e. The van der Waals surface area contributed by atoms with E-state index in [0.29, 0.717) is 17.9 Å². The van der Waals surface area contributed by atoms with Crippen molar-refractivity contribution in [3.63, 3.8) is 0 Å². The summed E-state index contributed by atoms with van der Waals surface area (Å²) in [5, 5.41) is 2.92. The molecule has 2 aromatic heterocycles. The largest absolute Gasteiger partial charge is 0.373 e. The van der Waals surface area contributed by atoms with Crippen molar-refractivity contribution in [1.82, 2.24) is 9.72 Å². The van der Waals surface area contributed by atoms with Gasteiger partial charge in [0, 0.05) is 36.1 Å². The lowest BCUT2D eigenvalue weighted by Crippen LogP contribution is -2.35. The maximum atomic E-state index is 13.0. The van der Waals surface area contributed by atoms with Crippen LogP contribution in [0.4, 0.5) is 0 Å². The fraction of sp³-hybridized carbons (Fsp3) is 0.409. The molecule has 0 spiro atoms. The molecule has 1 N–H and O–H groups in total. The van der Waals surface area contributed by atoms with E-state index in [1.807, 2.05) is 58.2 Å². The van der Waals surface area contributed by atoms with Gasteiger partial charge in [0.1, 0.15) is 0 Å². The second-order valence-corrected chi connectivity index (χ2v) is 7.21. The standard InChI is InChI=1S/C22H27N3O3/c1-6-28-16(5)20-15(4)18(11-17-8-7-9-25(17)20)21(26)23-12-19-13(2)10-14(3)24-22(19)27/h7-11,16,19H,6,12H2,1-5H3,(H,23,26). The third-order valence-electron chi connectivity index (χ3n) is 5.20. The number of aromatic nitrogens is 1. The lowest BCUT2D eigenvalue weighted by Gasteiger charge is -2.21. The average Bonchev–Trinajstić information content (AvgIpc) is 3.08. The van der Waals surface area contributed by atoms with Crippen LogP contribution in [0.25, 0.3) is 5.52 Å². The van der Waals surface area contributed by atoms with Gasteiger partial charge in [-0.2, -0.15) is 0 Å². The molecule has 0 radical (unpaired) electrons. The van der Waals surface area contributed by atoms with Gasteiger partial charge in [-0.3, -0.25) is 9.59 Å². The second kappa shape index (κ2) is 8.10. The van der Waals surface area contributed by atoms with Crippen molar-refractivity contribution in [2.75, 3.05) is 13.2 Å². The summed E-state index contributed by atoms with van der Waals surface area (Å²) in [6.45, 7) is 10.4. The van der Waals surface area contributed by atoms with Crippen molar-refractivity contribution in [3.05, 3.63) is 52.9 Å². The van der Waals surface area contributed by atoms with Crippen molar-refractivity contribution < 1.29 is 14.3 Å². The van der Waals surface area contributed by atoms with Gasteiger partial charge < -0.3 is 14.5 Å². The number of pyridine rings is 1. The maximum absolute atomic E-state index is 13.0. The van der Waals surface area contributed by atoms with E-state index in [1.54, 1.807) is 6.92 Å². The summed E-state index contributed by atoms with van der Waals surface area (Å²) < 4.78 is 7.85. The van der Waals surface area contributed by atoms with Crippen LogP contribution < -0.4 is 5.32 Å². The third kappa shape index (κ3) is 3.78. The van der Waals surface area contributed by atoms with E-state index in [4.69, 9.17) is 4.74 Å². The number of dihydropyridines is 1. The lowest BCUT2D eigenvalue weighted by atomic mass is 9.95. The van der Waals surface area contributed by atoms with Gasteiger partial charge in [0.2, 0.25) is 0 Å². The minimum Gasteiger partial charge on any atom is -0.373 e. The molecule has 0 saturated heterocycles. The Morgan fingerprint density at radius 2 is 2.11 bits per heavy atom. The molecule has 1 aliphatic heterocycles. The molecule has 0 fully saturated rings. The predicted molar refractivity (Wildman–Crippen MR) is 110 cm³/mol. The Morgan fingerprint density at radius 1 is 1.36 bits per heavy atom. The summed E-state index contributed by atoms with van der Waals surface area (Å²) in [4.78, 5) is 29.1. The number of allylic oxidation sites excluding steroid dienone is 1. The first-order chi connectivity index (χ1) is 13.3. The third-order valence-corrected chi connectivity index (χ3v) is 5.20. The molecule has 148 valence electrons. The van der Waals surface area contributed by atoms with Gasteiger partial charge in [0.25, 0.3) is 11.8 Å². The average molecular weight is 381 g/mol. The van der Waals surface area contributed by atoms with E-state index < -0.39 is 5.92 Å². The number of carbonyl (C=O) groups excluding carboxylic acids is 2. The summed E-state index contributed by atoms with van der Waals surface area (Å²) in [5.41, 5.74) is 4.98. The molecule has 2 atom stereocenters. The Kier molecular flexibility index (Phi) is 5.79. The van der Waals surface area contributed by atoms with E-state index >= 15 is 0 Å². The number of ether oxygens (including phenoxy) is 1. The first-order valence-corrected chi connectivity index (χ1v) is 9.61. The zero-order valence-corrected chi connectivity index (χ0v) is 17.1. The number of aliphatic imine (C=N–C) groups is 1. The molecule has 3 rings (SSSR count). The summed E-state index contributed by atoms with van der Waals surface area (Å²) in [5.74, 6) is -0.813. The molecule has 0 aliphatic carbocycles. The second-order valence-electron chi connectivity index (χ2n) is 7.21. The van der Waals surface area contributed by atoms with E-state index in [0.717, 1.165) is 22.3 Å². The van der Waals surface area contributed by atoms with Crippen molar-refractivity contribution in [3.8, 4) is 0 Å². The zero-order valence-electron chi connectivity index (χ0n) is 17.1. The highest BCUT2D eigenvalue weighted by Crippen LogP contribution is 2.26. The molecule has 28 heavy (non-hydrogen) atoms. The first-order valence-electron chi connectivity index (χ1n) is 9.61. The van der Waals surface area contributed by atoms with E-state index in [-0.39, 0.29) is 24.5 Å². The Bertz CT molecular complexity index is 984. The molecular weight excluding hydrogens is 354 g/mol. The number of nitrogens with one attached hydrogen (secondary N) is 1. The Balaban J connectivity index is 1.87. The molecule has 2 amide bonds. The molecule has 2 aromatic rings. The summed E-state index contributed by atoms with van der Waals surface area (Å²) in [6.07, 6.45) is 3.72. The quantitative estimate of drug-likeness (QED) is 0.830. The predicted octanol–water partition coefficient (Wildman–Crippen LogP) is 3.64. The molecule has 6 heteroatoms. The van der Waals surface area contributed by atoms with Crippen LogP contribution in [-0.4, -0.2) is 35.1 Å². The number of hydrogen-bond donors (Lipinski definition) is 1. The molecule has 0 saturated carbocycles. The van der Waals surface area contributed by atoms with Crippen LogP contribution >= 0.6 is 0 Å². The fourth-order valence-electron chi connectivity index (χ4n) is 3.82. The van der Waals surface area contributed by atoms with Crippen LogP contribution in [0, 0.1) is 12.8 Å². The Morgan fingerprint density at radius 3 is 2.79 bits per heavy atom. The fourth-order valence-corrected chi connectivity index (χ4v) is 3.82. The number of carbonyl (C=O) groups is 2. The highest BCUT2D eigenvalue weighted by molar-refractivity contribution is 6.06. The number of hydrogen-bond acceptors (Lipinski definition) is 3. The lowest BCUT2D eigenvalue weighted by molar-refractivity contribution is -0.120. The molecule has 1 aliphatic rings. The van der Waals surface area contributed by atoms with Crippen LogP contribution in [0.2, 0.25) is 0 Å².